The van der Waals surface area contributed by atoms with Crippen molar-refractivity contribution < 1.29 is 4.39 Å². The lowest BCUT2D eigenvalue weighted by Gasteiger charge is -2.17. The van der Waals surface area contributed by atoms with Crippen LogP contribution in [0.5, 0.6) is 0 Å². The van der Waals surface area contributed by atoms with Gasteiger partial charge in [0.2, 0.25) is 0 Å². The zero-order valence-corrected chi connectivity index (χ0v) is 7.53. The molecular weight excluding hydrogens is 141 g/mol. The van der Waals surface area contributed by atoms with Gasteiger partial charge in [-0.25, -0.2) is 4.39 Å². The van der Waals surface area contributed by atoms with Gasteiger partial charge in [-0.1, -0.05) is 20.8 Å². The Morgan fingerprint density at radius 2 is 1.91 bits per heavy atom. The second-order valence-electron chi connectivity index (χ2n) is 4.03. The third-order valence-electron chi connectivity index (χ3n) is 1.68. The standard InChI is InChI=1S/C9H14FN/c1-6-5-7(10)8(11-6)9(2,3)4/h5H2,1-4H3. The Morgan fingerprint density at radius 3 is 2.09 bits per heavy atom. The lowest BCUT2D eigenvalue weighted by molar-refractivity contribution is 0.469. The predicted octanol–water partition coefficient (Wildman–Crippen LogP) is 3.08. The third-order valence-corrected chi connectivity index (χ3v) is 1.68. The Balaban J connectivity index is 2.95. The van der Waals surface area contributed by atoms with Gasteiger partial charge in [0.25, 0.3) is 0 Å². The summed E-state index contributed by atoms with van der Waals surface area (Å²) in [4.78, 5) is 4.16. The van der Waals surface area contributed by atoms with E-state index in [1.807, 2.05) is 27.7 Å². The van der Waals surface area contributed by atoms with Gasteiger partial charge in [-0.05, 0) is 6.92 Å². The van der Waals surface area contributed by atoms with Gasteiger partial charge in [-0.2, -0.15) is 0 Å². The average molecular weight is 155 g/mol. The SMILES string of the molecule is CC1=NC(C(C)(C)C)=C(F)C1. The predicted molar refractivity (Wildman–Crippen MR) is 45.3 cm³/mol. The molecule has 0 saturated heterocycles. The topological polar surface area (TPSA) is 12.4 Å². The first kappa shape index (κ1) is 8.44. The molecule has 11 heavy (non-hydrogen) atoms. The molecule has 1 rings (SSSR count). The van der Waals surface area contributed by atoms with Crippen LogP contribution in [0.2, 0.25) is 0 Å². The summed E-state index contributed by atoms with van der Waals surface area (Å²) in [6.07, 6.45) is 0.409. The third kappa shape index (κ3) is 1.67. The van der Waals surface area contributed by atoms with E-state index in [1.165, 1.54) is 0 Å². The summed E-state index contributed by atoms with van der Waals surface area (Å²) < 4.78 is 13.1. The molecule has 0 aromatic heterocycles. The zero-order valence-electron chi connectivity index (χ0n) is 7.53. The van der Waals surface area contributed by atoms with Crippen LogP contribution in [0.25, 0.3) is 0 Å². The average Bonchev–Trinajstić information content (AvgIpc) is 2.08. The number of hydrogen-bond acceptors (Lipinski definition) is 1. The molecule has 0 fully saturated rings. The van der Waals surface area contributed by atoms with Crippen LogP contribution in [-0.2, 0) is 0 Å². The Hall–Kier alpha value is -0.660. The smallest absolute Gasteiger partial charge is 0.127 e. The first-order chi connectivity index (χ1) is 4.91. The van der Waals surface area contributed by atoms with Crippen molar-refractivity contribution in [2.45, 2.75) is 34.1 Å². The van der Waals surface area contributed by atoms with Crippen LogP contribution in [-0.4, -0.2) is 5.71 Å². The molecule has 0 spiro atoms. The molecule has 1 nitrogen and oxygen atoms in total. The van der Waals surface area contributed by atoms with Crippen molar-refractivity contribution in [3.63, 3.8) is 0 Å². The molecule has 0 radical (unpaired) electrons. The maximum absolute atomic E-state index is 13.1. The normalized spacial score (nSPS) is 19.2. The van der Waals surface area contributed by atoms with E-state index in [4.69, 9.17) is 0 Å². The van der Waals surface area contributed by atoms with Crippen molar-refractivity contribution in [2.75, 3.05) is 0 Å². The molecule has 0 aliphatic carbocycles. The largest absolute Gasteiger partial charge is 0.259 e. The zero-order chi connectivity index (χ0) is 8.65. The van der Waals surface area contributed by atoms with E-state index in [2.05, 4.69) is 4.99 Å². The monoisotopic (exact) mass is 155 g/mol. The number of nitrogens with zero attached hydrogens (tertiary/aromatic N) is 1. The molecule has 62 valence electrons. The van der Waals surface area contributed by atoms with Crippen molar-refractivity contribution in [1.82, 2.24) is 0 Å². The first-order valence-corrected chi connectivity index (χ1v) is 3.84. The maximum Gasteiger partial charge on any atom is 0.127 e. The second-order valence-corrected chi connectivity index (χ2v) is 4.03. The molecule has 2 heteroatoms. The lowest BCUT2D eigenvalue weighted by Crippen LogP contribution is -2.07. The van der Waals surface area contributed by atoms with Crippen LogP contribution in [0.3, 0.4) is 0 Å². The highest BCUT2D eigenvalue weighted by Crippen LogP contribution is 2.34. The highest BCUT2D eigenvalue weighted by atomic mass is 19.1. The quantitative estimate of drug-likeness (QED) is 0.509. The number of aliphatic imine (C=N–C) groups is 1. The fourth-order valence-electron chi connectivity index (χ4n) is 1.17. The molecule has 0 aromatic carbocycles. The van der Waals surface area contributed by atoms with Gasteiger partial charge in [0.1, 0.15) is 5.83 Å². The minimum absolute atomic E-state index is 0.0602. The van der Waals surface area contributed by atoms with E-state index in [1.54, 1.807) is 0 Å². The van der Waals surface area contributed by atoms with Gasteiger partial charge in [0, 0.05) is 17.5 Å². The second kappa shape index (κ2) is 2.43. The summed E-state index contributed by atoms with van der Waals surface area (Å²) in [5.74, 6) is -0.0602. The highest BCUT2D eigenvalue weighted by Gasteiger charge is 2.25. The van der Waals surface area contributed by atoms with Crippen LogP contribution in [0.15, 0.2) is 16.5 Å². The Kier molecular flexibility index (Phi) is 1.87. The van der Waals surface area contributed by atoms with Crippen LogP contribution in [0, 0.1) is 5.41 Å². The summed E-state index contributed by atoms with van der Waals surface area (Å²) in [6, 6.07) is 0. The van der Waals surface area contributed by atoms with Gasteiger partial charge in [0.05, 0.1) is 5.70 Å². The fraction of sp³-hybridized carbons (Fsp3) is 0.667. The Labute approximate surface area is 67.0 Å². The van der Waals surface area contributed by atoms with Gasteiger partial charge in [-0.3, -0.25) is 4.99 Å². The molecule has 0 amide bonds. The molecule has 1 heterocycles. The van der Waals surface area contributed by atoms with Crippen molar-refractivity contribution in [1.29, 1.82) is 0 Å². The number of hydrogen-bond donors (Lipinski definition) is 0. The fourth-order valence-corrected chi connectivity index (χ4v) is 1.17. The molecule has 0 bridgehead atoms. The summed E-state index contributed by atoms with van der Waals surface area (Å²) >= 11 is 0. The van der Waals surface area contributed by atoms with Crippen LogP contribution in [0.4, 0.5) is 4.39 Å². The number of allylic oxidation sites excluding steroid dienone is 2. The molecular formula is C9H14FN. The van der Waals surface area contributed by atoms with Crippen molar-refractivity contribution in [3.05, 3.63) is 11.5 Å². The molecule has 1 aliphatic heterocycles. The summed E-state index contributed by atoms with van der Waals surface area (Å²) in [6.45, 7) is 7.79. The van der Waals surface area contributed by atoms with Gasteiger partial charge >= 0.3 is 0 Å². The van der Waals surface area contributed by atoms with Crippen molar-refractivity contribution in [2.24, 2.45) is 10.4 Å². The van der Waals surface area contributed by atoms with Gasteiger partial charge in [-0.15, -0.1) is 0 Å². The molecule has 0 aromatic rings. The summed E-state index contributed by atoms with van der Waals surface area (Å²) in [5, 5.41) is 0. The van der Waals surface area contributed by atoms with E-state index < -0.39 is 0 Å². The van der Waals surface area contributed by atoms with E-state index >= 15 is 0 Å². The van der Waals surface area contributed by atoms with Crippen molar-refractivity contribution in [3.8, 4) is 0 Å². The van der Waals surface area contributed by atoms with Crippen LogP contribution >= 0.6 is 0 Å². The Morgan fingerprint density at radius 1 is 1.36 bits per heavy atom. The van der Waals surface area contributed by atoms with E-state index in [-0.39, 0.29) is 11.2 Å². The molecule has 0 saturated carbocycles. The molecule has 0 unspecified atom stereocenters. The van der Waals surface area contributed by atoms with E-state index in [0.29, 0.717) is 12.1 Å². The molecule has 0 N–H and O–H groups in total. The number of halogens is 1. The molecule has 1 aliphatic rings. The van der Waals surface area contributed by atoms with E-state index in [9.17, 15) is 4.39 Å². The van der Waals surface area contributed by atoms with Gasteiger partial charge < -0.3 is 0 Å². The van der Waals surface area contributed by atoms with Crippen LogP contribution < -0.4 is 0 Å². The van der Waals surface area contributed by atoms with Crippen LogP contribution in [0.1, 0.15) is 34.1 Å². The maximum atomic E-state index is 13.1. The minimum atomic E-state index is -0.151. The van der Waals surface area contributed by atoms with Gasteiger partial charge in [0.15, 0.2) is 0 Å². The lowest BCUT2D eigenvalue weighted by atomic mass is 9.92. The number of rotatable bonds is 0. The highest BCUT2D eigenvalue weighted by molar-refractivity contribution is 5.87. The molecule has 0 atom stereocenters. The summed E-state index contributed by atoms with van der Waals surface area (Å²) in [5.41, 5.74) is 1.35. The minimum Gasteiger partial charge on any atom is -0.259 e. The first-order valence-electron chi connectivity index (χ1n) is 3.84. The summed E-state index contributed by atoms with van der Waals surface area (Å²) in [7, 11) is 0. The van der Waals surface area contributed by atoms with E-state index in [0.717, 1.165) is 5.71 Å². The Bertz CT molecular complexity index is 230. The van der Waals surface area contributed by atoms with Crippen molar-refractivity contribution >= 4 is 5.71 Å².